The maximum atomic E-state index is 13.0. The molecule has 0 atom stereocenters. The summed E-state index contributed by atoms with van der Waals surface area (Å²) in [5.74, 6) is 1.85. The van der Waals surface area contributed by atoms with E-state index in [2.05, 4.69) is 45.2 Å². The summed E-state index contributed by atoms with van der Waals surface area (Å²) in [4.78, 5) is 15.1. The Morgan fingerprint density at radius 1 is 1.22 bits per heavy atom. The fraction of sp³-hybridized carbons (Fsp3) is 0.111. The average molecular weight is 623 g/mol. The Morgan fingerprint density at radius 2 is 2.00 bits per heavy atom. The van der Waals surface area contributed by atoms with Gasteiger partial charge < -0.3 is 14.2 Å². The van der Waals surface area contributed by atoms with Crippen molar-refractivity contribution in [2.75, 3.05) is 18.8 Å². The number of amides is 1. The first-order valence-corrected chi connectivity index (χ1v) is 11.1. The van der Waals surface area contributed by atoms with Crippen molar-refractivity contribution in [3.63, 3.8) is 0 Å². The lowest BCUT2D eigenvalue weighted by molar-refractivity contribution is -0.113. The first kappa shape index (κ1) is 19.3. The van der Waals surface area contributed by atoms with E-state index in [-0.39, 0.29) is 12.7 Å². The molecule has 2 aliphatic rings. The molecule has 2 aromatic carbocycles. The molecule has 1 fully saturated rings. The molecule has 1 amide bonds. The number of carbonyl (C=O) groups excluding carboxylic acids is 1. The minimum atomic E-state index is -0.167. The summed E-state index contributed by atoms with van der Waals surface area (Å²) in [6.45, 7) is 0.183. The Morgan fingerprint density at radius 3 is 2.78 bits per heavy atom. The van der Waals surface area contributed by atoms with Crippen LogP contribution in [0.25, 0.3) is 6.08 Å². The standard InChI is InChI=1S/C18H11I2NO4S2/c1-23-16-9(4-10(19)6-12(16)20)5-15-17(22)21(18(26)27-15)11-2-3-13-14(7-11)25-8-24-13/h2-7H,8H2,1H3/b15-5+. The minimum Gasteiger partial charge on any atom is -0.495 e. The van der Waals surface area contributed by atoms with Gasteiger partial charge in [0.2, 0.25) is 6.79 Å². The number of nitrogens with zero attached hydrogens (tertiary/aromatic N) is 1. The van der Waals surface area contributed by atoms with Crippen molar-refractivity contribution in [2.24, 2.45) is 0 Å². The lowest BCUT2D eigenvalue weighted by atomic mass is 10.2. The zero-order chi connectivity index (χ0) is 19.1. The van der Waals surface area contributed by atoms with Crippen LogP contribution in [0, 0.1) is 7.14 Å². The Balaban J connectivity index is 1.71. The quantitative estimate of drug-likeness (QED) is 0.272. The van der Waals surface area contributed by atoms with Gasteiger partial charge in [0, 0.05) is 15.2 Å². The van der Waals surface area contributed by atoms with Crippen LogP contribution < -0.4 is 19.1 Å². The number of hydrogen-bond acceptors (Lipinski definition) is 6. The first-order valence-electron chi connectivity index (χ1n) is 7.68. The molecule has 9 heteroatoms. The minimum absolute atomic E-state index is 0.167. The molecule has 2 aliphatic heterocycles. The number of benzene rings is 2. The van der Waals surface area contributed by atoms with E-state index in [0.717, 1.165) is 18.5 Å². The molecule has 0 saturated carbocycles. The van der Waals surface area contributed by atoms with Crippen LogP contribution in [-0.2, 0) is 4.79 Å². The molecule has 5 nitrogen and oxygen atoms in total. The topological polar surface area (TPSA) is 48.0 Å². The number of halogens is 2. The Kier molecular flexibility index (Phi) is 5.54. The van der Waals surface area contributed by atoms with Gasteiger partial charge in [-0.15, -0.1) is 0 Å². The fourth-order valence-corrected chi connectivity index (χ4v) is 6.16. The summed E-state index contributed by atoms with van der Waals surface area (Å²) in [7, 11) is 1.62. The SMILES string of the molecule is COc1c(I)cc(I)cc1/C=C1/SC(=S)N(c2ccc3c(c2)OCO3)C1=O. The summed E-state index contributed by atoms with van der Waals surface area (Å²) in [6, 6.07) is 9.36. The van der Waals surface area contributed by atoms with E-state index in [1.807, 2.05) is 18.2 Å². The van der Waals surface area contributed by atoms with Crippen molar-refractivity contribution in [2.45, 2.75) is 0 Å². The summed E-state index contributed by atoms with van der Waals surface area (Å²) in [6.07, 6.45) is 1.83. The molecular formula is C18H11I2NO4S2. The normalized spacial score (nSPS) is 17.1. The molecule has 2 aromatic rings. The molecule has 0 radical (unpaired) electrons. The van der Waals surface area contributed by atoms with E-state index >= 15 is 0 Å². The number of thiocarbonyl (C=S) groups is 1. The zero-order valence-electron chi connectivity index (χ0n) is 13.8. The van der Waals surface area contributed by atoms with Crippen molar-refractivity contribution >= 4 is 91.2 Å². The highest BCUT2D eigenvalue weighted by atomic mass is 127. The third kappa shape index (κ3) is 3.66. The summed E-state index contributed by atoms with van der Waals surface area (Å²) in [5.41, 5.74) is 1.51. The van der Waals surface area contributed by atoms with Crippen LogP contribution in [0.1, 0.15) is 5.56 Å². The fourth-order valence-electron chi connectivity index (χ4n) is 2.76. The molecule has 1 saturated heterocycles. The van der Waals surface area contributed by atoms with Crippen LogP contribution in [0.2, 0.25) is 0 Å². The van der Waals surface area contributed by atoms with E-state index in [1.165, 1.54) is 16.7 Å². The van der Waals surface area contributed by atoms with Crippen LogP contribution >= 0.6 is 69.2 Å². The summed E-state index contributed by atoms with van der Waals surface area (Å²) in [5, 5.41) is 0. The highest BCUT2D eigenvalue weighted by Crippen LogP contribution is 2.41. The molecule has 0 N–H and O–H groups in total. The van der Waals surface area contributed by atoms with E-state index in [0.29, 0.717) is 26.4 Å². The lowest BCUT2D eigenvalue weighted by Crippen LogP contribution is -2.27. The van der Waals surface area contributed by atoms with Gasteiger partial charge in [-0.05, 0) is 75.5 Å². The second kappa shape index (κ2) is 7.76. The van der Waals surface area contributed by atoms with Crippen molar-refractivity contribution in [3.05, 3.63) is 47.9 Å². The van der Waals surface area contributed by atoms with Crippen LogP contribution in [-0.4, -0.2) is 24.1 Å². The maximum absolute atomic E-state index is 13.0. The van der Waals surface area contributed by atoms with Crippen molar-refractivity contribution in [1.82, 2.24) is 0 Å². The molecule has 4 rings (SSSR count). The summed E-state index contributed by atoms with van der Waals surface area (Å²) < 4.78 is 18.8. The Hall–Kier alpha value is -1.05. The molecule has 2 heterocycles. The number of rotatable bonds is 3. The second-order valence-corrected chi connectivity index (χ2v) is 9.65. The van der Waals surface area contributed by atoms with Crippen LogP contribution in [0.5, 0.6) is 17.2 Å². The second-order valence-electron chi connectivity index (χ2n) is 5.56. The Bertz CT molecular complexity index is 1010. The van der Waals surface area contributed by atoms with E-state index in [9.17, 15) is 4.79 Å². The predicted molar refractivity (Wildman–Crippen MR) is 127 cm³/mol. The van der Waals surface area contributed by atoms with Gasteiger partial charge in [0.1, 0.15) is 5.75 Å². The number of thioether (sulfide) groups is 1. The first-order chi connectivity index (χ1) is 13.0. The molecule has 0 aromatic heterocycles. The van der Waals surface area contributed by atoms with E-state index < -0.39 is 0 Å². The largest absolute Gasteiger partial charge is 0.495 e. The van der Waals surface area contributed by atoms with Crippen LogP contribution in [0.4, 0.5) is 5.69 Å². The third-order valence-electron chi connectivity index (χ3n) is 3.94. The maximum Gasteiger partial charge on any atom is 0.270 e. The smallest absolute Gasteiger partial charge is 0.270 e. The molecule has 0 bridgehead atoms. The van der Waals surface area contributed by atoms with Crippen LogP contribution in [0.3, 0.4) is 0 Å². The number of methoxy groups -OCH3 is 1. The highest BCUT2D eigenvalue weighted by Gasteiger charge is 2.34. The van der Waals surface area contributed by atoms with Gasteiger partial charge in [-0.25, -0.2) is 0 Å². The lowest BCUT2D eigenvalue weighted by Gasteiger charge is -2.15. The highest BCUT2D eigenvalue weighted by molar-refractivity contribution is 14.1. The van der Waals surface area contributed by atoms with Crippen molar-refractivity contribution in [1.29, 1.82) is 0 Å². The predicted octanol–water partition coefficient (Wildman–Crippen LogP) is 5.04. The number of fused-ring (bicyclic) bond motifs is 1. The monoisotopic (exact) mass is 623 g/mol. The molecule has 138 valence electrons. The van der Waals surface area contributed by atoms with Crippen molar-refractivity contribution in [3.8, 4) is 17.2 Å². The molecule has 0 spiro atoms. The van der Waals surface area contributed by atoms with Gasteiger partial charge in [0.05, 0.1) is 21.3 Å². The van der Waals surface area contributed by atoms with Gasteiger partial charge in [-0.3, -0.25) is 9.69 Å². The molecule has 0 aliphatic carbocycles. The third-order valence-corrected chi connectivity index (χ3v) is 6.66. The van der Waals surface area contributed by atoms with Gasteiger partial charge in [0.15, 0.2) is 15.8 Å². The average Bonchev–Trinajstić information content (AvgIpc) is 3.18. The van der Waals surface area contributed by atoms with Gasteiger partial charge in [-0.2, -0.15) is 0 Å². The molecule has 27 heavy (non-hydrogen) atoms. The van der Waals surface area contributed by atoms with Crippen molar-refractivity contribution < 1.29 is 19.0 Å². The van der Waals surface area contributed by atoms with E-state index in [4.69, 9.17) is 26.4 Å². The number of anilines is 1. The Labute approximate surface area is 192 Å². The van der Waals surface area contributed by atoms with Gasteiger partial charge in [0.25, 0.3) is 5.91 Å². The number of carbonyl (C=O) groups is 1. The van der Waals surface area contributed by atoms with E-state index in [1.54, 1.807) is 25.3 Å². The summed E-state index contributed by atoms with van der Waals surface area (Å²) >= 11 is 11.2. The van der Waals surface area contributed by atoms with Gasteiger partial charge in [-0.1, -0.05) is 24.0 Å². The number of hydrogen-bond donors (Lipinski definition) is 0. The van der Waals surface area contributed by atoms with Gasteiger partial charge >= 0.3 is 0 Å². The molecule has 0 unspecified atom stereocenters. The van der Waals surface area contributed by atoms with Crippen LogP contribution in [0.15, 0.2) is 35.2 Å². The zero-order valence-corrected chi connectivity index (χ0v) is 19.8. The molecular weight excluding hydrogens is 612 g/mol. The number of ether oxygens (including phenoxy) is 3.